The van der Waals surface area contributed by atoms with Crippen LogP contribution in [0.2, 0.25) is 0 Å². The number of nitrogens with two attached hydrogens (primary N) is 1. The topological polar surface area (TPSA) is 72.6 Å². The summed E-state index contributed by atoms with van der Waals surface area (Å²) in [4.78, 5) is 24.7. The van der Waals surface area contributed by atoms with Crippen LogP contribution in [0, 0.1) is 5.92 Å². The Hall–Kier alpha value is -0.810. The number of rotatable bonds is 7. The maximum atomic E-state index is 12.0. The number of ether oxygens (including phenoxy) is 1. The highest BCUT2D eigenvalue weighted by atomic mass is 35.5. The second-order valence-electron chi connectivity index (χ2n) is 4.16. The largest absolute Gasteiger partial charge is 0.469 e. The molecule has 0 aliphatic rings. The average Bonchev–Trinajstić information content (AvgIpc) is 2.36. The smallest absolute Gasteiger partial charge is 0.307 e. The molecule has 0 aromatic heterocycles. The first-order valence-electron chi connectivity index (χ1n) is 6.09. The number of methoxy groups -OCH3 is 1. The fourth-order valence-electron chi connectivity index (χ4n) is 1.46. The standard InChI is InChI=1S/C12H24N2O3.ClH/c1-5-9(3)11(13)12(16)14(6-2)8-7-10(15)17-4;/h9,11H,5-8,13H2,1-4H3;1H. The third-order valence-corrected chi connectivity index (χ3v) is 3.05. The average molecular weight is 281 g/mol. The van der Waals surface area contributed by atoms with Gasteiger partial charge in [-0.2, -0.15) is 0 Å². The molecule has 0 aromatic rings. The molecule has 0 aliphatic heterocycles. The monoisotopic (exact) mass is 280 g/mol. The predicted molar refractivity (Wildman–Crippen MR) is 73.6 cm³/mol. The molecule has 2 atom stereocenters. The van der Waals surface area contributed by atoms with Crippen molar-refractivity contribution in [2.75, 3.05) is 20.2 Å². The molecule has 18 heavy (non-hydrogen) atoms. The van der Waals surface area contributed by atoms with E-state index in [1.54, 1.807) is 4.90 Å². The molecule has 0 rings (SSSR count). The van der Waals surface area contributed by atoms with Crippen molar-refractivity contribution in [3.05, 3.63) is 0 Å². The van der Waals surface area contributed by atoms with Crippen molar-refractivity contribution >= 4 is 24.3 Å². The lowest BCUT2D eigenvalue weighted by molar-refractivity contribution is -0.142. The lowest BCUT2D eigenvalue weighted by atomic mass is 9.99. The first kappa shape index (κ1) is 19.5. The highest BCUT2D eigenvalue weighted by Crippen LogP contribution is 2.09. The molecule has 0 aromatic carbocycles. The molecule has 2 unspecified atom stereocenters. The molecule has 0 saturated carbocycles. The molecule has 0 aliphatic carbocycles. The fraction of sp³-hybridized carbons (Fsp3) is 0.833. The molecule has 2 N–H and O–H groups in total. The molecule has 0 radical (unpaired) electrons. The van der Waals surface area contributed by atoms with Gasteiger partial charge in [0, 0.05) is 13.1 Å². The van der Waals surface area contributed by atoms with Crippen LogP contribution in [0.25, 0.3) is 0 Å². The summed E-state index contributed by atoms with van der Waals surface area (Å²) < 4.78 is 4.55. The number of amides is 1. The molecule has 0 bridgehead atoms. The van der Waals surface area contributed by atoms with Gasteiger partial charge in [0.25, 0.3) is 0 Å². The van der Waals surface area contributed by atoms with Crippen LogP contribution in [0.4, 0.5) is 0 Å². The normalized spacial score (nSPS) is 13.2. The van der Waals surface area contributed by atoms with Gasteiger partial charge in [0.15, 0.2) is 0 Å². The van der Waals surface area contributed by atoms with Gasteiger partial charge in [0.1, 0.15) is 0 Å². The van der Waals surface area contributed by atoms with Gasteiger partial charge in [-0.3, -0.25) is 9.59 Å². The van der Waals surface area contributed by atoms with E-state index in [1.165, 1.54) is 7.11 Å². The lowest BCUT2D eigenvalue weighted by Gasteiger charge is -2.26. The van der Waals surface area contributed by atoms with Crippen molar-refractivity contribution in [3.63, 3.8) is 0 Å². The zero-order valence-corrected chi connectivity index (χ0v) is 12.5. The summed E-state index contributed by atoms with van der Waals surface area (Å²) in [5, 5.41) is 0. The first-order chi connectivity index (χ1) is 7.97. The van der Waals surface area contributed by atoms with Gasteiger partial charge in [-0.15, -0.1) is 12.4 Å². The van der Waals surface area contributed by atoms with Gasteiger partial charge < -0.3 is 15.4 Å². The number of hydrogen-bond donors (Lipinski definition) is 1. The summed E-state index contributed by atoms with van der Waals surface area (Å²) in [7, 11) is 1.34. The Morgan fingerprint density at radius 3 is 2.28 bits per heavy atom. The van der Waals surface area contributed by atoms with Crippen LogP contribution in [0.1, 0.15) is 33.6 Å². The predicted octanol–water partition coefficient (Wildman–Crippen LogP) is 1.19. The molecule has 1 amide bonds. The molecule has 0 heterocycles. The second kappa shape index (κ2) is 10.1. The van der Waals surface area contributed by atoms with Gasteiger partial charge in [0.05, 0.1) is 19.6 Å². The number of hydrogen-bond acceptors (Lipinski definition) is 4. The molecular weight excluding hydrogens is 256 g/mol. The summed E-state index contributed by atoms with van der Waals surface area (Å²) in [5.41, 5.74) is 5.88. The van der Waals surface area contributed by atoms with Gasteiger partial charge in [-0.1, -0.05) is 20.3 Å². The Morgan fingerprint density at radius 2 is 1.89 bits per heavy atom. The SMILES string of the molecule is CCC(C)C(N)C(=O)N(CC)CCC(=O)OC.Cl. The maximum Gasteiger partial charge on any atom is 0.307 e. The lowest BCUT2D eigenvalue weighted by Crippen LogP contribution is -2.47. The van der Waals surface area contributed by atoms with Crippen molar-refractivity contribution in [2.45, 2.75) is 39.7 Å². The van der Waals surface area contributed by atoms with E-state index < -0.39 is 6.04 Å². The molecular formula is C12H25ClN2O3. The Kier molecular flexibility index (Phi) is 11.0. The van der Waals surface area contributed by atoms with E-state index in [1.807, 2.05) is 20.8 Å². The number of halogens is 1. The quantitative estimate of drug-likeness (QED) is 0.711. The molecule has 0 saturated heterocycles. The molecule has 0 spiro atoms. The van der Waals surface area contributed by atoms with Crippen molar-refractivity contribution in [2.24, 2.45) is 11.7 Å². The molecule has 6 heteroatoms. The Morgan fingerprint density at radius 1 is 1.33 bits per heavy atom. The minimum Gasteiger partial charge on any atom is -0.469 e. The van der Waals surface area contributed by atoms with Crippen LogP contribution in [0.5, 0.6) is 0 Å². The fourth-order valence-corrected chi connectivity index (χ4v) is 1.46. The van der Waals surface area contributed by atoms with Gasteiger partial charge in [0.2, 0.25) is 5.91 Å². The third kappa shape index (κ3) is 6.21. The van der Waals surface area contributed by atoms with Crippen LogP contribution < -0.4 is 5.73 Å². The second-order valence-corrected chi connectivity index (χ2v) is 4.16. The number of carbonyl (C=O) groups excluding carboxylic acids is 2. The Labute approximate surface area is 115 Å². The van der Waals surface area contributed by atoms with Crippen molar-refractivity contribution < 1.29 is 14.3 Å². The summed E-state index contributed by atoms with van der Waals surface area (Å²) in [6.07, 6.45) is 1.07. The van der Waals surface area contributed by atoms with Crippen molar-refractivity contribution in [1.82, 2.24) is 4.90 Å². The highest BCUT2D eigenvalue weighted by Gasteiger charge is 2.24. The number of nitrogens with zero attached hydrogens (tertiary/aromatic N) is 1. The van der Waals surface area contributed by atoms with E-state index in [9.17, 15) is 9.59 Å². The van der Waals surface area contributed by atoms with Crippen LogP contribution in [-0.4, -0.2) is 43.0 Å². The van der Waals surface area contributed by atoms with Crippen LogP contribution in [0.3, 0.4) is 0 Å². The van der Waals surface area contributed by atoms with E-state index in [2.05, 4.69) is 4.74 Å². The van der Waals surface area contributed by atoms with Gasteiger partial charge in [-0.05, 0) is 12.8 Å². The minimum absolute atomic E-state index is 0. The number of esters is 1. The number of carbonyl (C=O) groups is 2. The van der Waals surface area contributed by atoms with E-state index >= 15 is 0 Å². The summed E-state index contributed by atoms with van der Waals surface area (Å²) in [6.45, 7) is 6.75. The van der Waals surface area contributed by atoms with Crippen molar-refractivity contribution in [1.29, 1.82) is 0 Å². The summed E-state index contributed by atoms with van der Waals surface area (Å²) in [5.74, 6) is -0.256. The maximum absolute atomic E-state index is 12.0. The van der Waals surface area contributed by atoms with E-state index in [0.29, 0.717) is 13.1 Å². The Bertz CT molecular complexity index is 262. The van der Waals surface area contributed by atoms with Crippen LogP contribution in [0.15, 0.2) is 0 Å². The van der Waals surface area contributed by atoms with E-state index in [4.69, 9.17) is 5.73 Å². The van der Waals surface area contributed by atoms with Gasteiger partial charge in [-0.25, -0.2) is 0 Å². The third-order valence-electron chi connectivity index (χ3n) is 3.05. The minimum atomic E-state index is -0.488. The van der Waals surface area contributed by atoms with Crippen LogP contribution in [-0.2, 0) is 14.3 Å². The van der Waals surface area contributed by atoms with Crippen molar-refractivity contribution in [3.8, 4) is 0 Å². The number of likely N-dealkylation sites (N-methyl/N-ethyl adjacent to an activating group) is 1. The molecule has 5 nitrogen and oxygen atoms in total. The zero-order valence-electron chi connectivity index (χ0n) is 11.6. The van der Waals surface area contributed by atoms with E-state index in [-0.39, 0.29) is 36.6 Å². The van der Waals surface area contributed by atoms with Gasteiger partial charge >= 0.3 is 5.97 Å². The molecule has 108 valence electrons. The summed E-state index contributed by atoms with van der Waals surface area (Å²) >= 11 is 0. The zero-order chi connectivity index (χ0) is 13.4. The first-order valence-corrected chi connectivity index (χ1v) is 6.09. The summed E-state index contributed by atoms with van der Waals surface area (Å²) in [6, 6.07) is -0.488. The highest BCUT2D eigenvalue weighted by molar-refractivity contribution is 5.85. The van der Waals surface area contributed by atoms with Crippen LogP contribution >= 0.6 is 12.4 Å². The van der Waals surface area contributed by atoms with E-state index in [0.717, 1.165) is 6.42 Å². The molecule has 0 fully saturated rings. The Balaban J connectivity index is 0.